The van der Waals surface area contributed by atoms with Crippen LogP contribution in [0, 0.1) is 0 Å². The average Bonchev–Trinajstić information content (AvgIpc) is 2.76. The molecule has 1 rings (SSSR count). The van der Waals surface area contributed by atoms with E-state index < -0.39 is 5.97 Å². The fraction of sp³-hybridized carbons (Fsp3) is 0.600. The molecular weight excluding hydrogens is 254 g/mol. The molecule has 0 saturated heterocycles. The van der Waals surface area contributed by atoms with Crippen molar-refractivity contribution in [1.29, 1.82) is 0 Å². The van der Waals surface area contributed by atoms with E-state index in [1.807, 2.05) is 6.20 Å². The molecule has 1 atom stereocenters. The number of carboxylic acids is 1. The van der Waals surface area contributed by atoms with E-state index in [0.717, 1.165) is 37.9 Å². The van der Waals surface area contributed by atoms with Gasteiger partial charge < -0.3 is 15.6 Å². The summed E-state index contributed by atoms with van der Waals surface area (Å²) in [5.41, 5.74) is 5.61. The molecular formula is C15H25N3O2. The molecule has 0 aliphatic carbocycles. The zero-order valence-corrected chi connectivity index (χ0v) is 12.3. The van der Waals surface area contributed by atoms with E-state index >= 15 is 0 Å². The van der Waals surface area contributed by atoms with Crippen molar-refractivity contribution < 1.29 is 14.4 Å². The van der Waals surface area contributed by atoms with Crippen LogP contribution in [0.4, 0.5) is 0 Å². The first-order valence-electron chi connectivity index (χ1n) is 7.31. The quantitative estimate of drug-likeness (QED) is 0.367. The summed E-state index contributed by atoms with van der Waals surface area (Å²) in [5, 5.41) is 11.0. The van der Waals surface area contributed by atoms with Crippen molar-refractivity contribution in [2.24, 2.45) is 10.7 Å². The average molecular weight is 279 g/mol. The molecule has 0 radical (unpaired) electrons. The zero-order valence-electron chi connectivity index (χ0n) is 12.3. The summed E-state index contributed by atoms with van der Waals surface area (Å²) < 4.78 is 0.220. The molecule has 5 heteroatoms. The predicted octanol–water partition coefficient (Wildman–Crippen LogP) is 0.922. The Labute approximate surface area is 121 Å². The van der Waals surface area contributed by atoms with Gasteiger partial charge in [-0.1, -0.05) is 25.5 Å². The summed E-state index contributed by atoms with van der Waals surface area (Å²) >= 11 is 0. The van der Waals surface area contributed by atoms with E-state index in [-0.39, 0.29) is 11.0 Å². The van der Waals surface area contributed by atoms with E-state index in [1.165, 1.54) is 0 Å². The second kappa shape index (κ2) is 8.66. The van der Waals surface area contributed by atoms with Crippen LogP contribution < -0.4 is 10.8 Å². The van der Waals surface area contributed by atoms with Crippen LogP contribution in [-0.4, -0.2) is 35.9 Å². The maximum absolute atomic E-state index is 11.0. The number of nitrogens with two attached hydrogens (primary N) is 1. The molecule has 0 fully saturated rings. The Morgan fingerprint density at radius 3 is 2.85 bits per heavy atom. The number of quaternary nitrogens is 1. The molecule has 20 heavy (non-hydrogen) atoms. The Kier molecular flexibility index (Phi) is 7.18. The second-order valence-electron chi connectivity index (χ2n) is 5.07. The molecule has 0 amide bonds. The van der Waals surface area contributed by atoms with Crippen LogP contribution in [0.1, 0.15) is 39.0 Å². The van der Waals surface area contributed by atoms with Crippen molar-refractivity contribution in [2.45, 2.75) is 39.0 Å². The van der Waals surface area contributed by atoms with Crippen LogP contribution >= 0.6 is 0 Å². The third-order valence-electron chi connectivity index (χ3n) is 3.42. The number of aliphatic carboxylic acids is 1. The van der Waals surface area contributed by atoms with Crippen molar-refractivity contribution in [3.63, 3.8) is 0 Å². The molecule has 5 nitrogen and oxygen atoms in total. The number of carboxylic acid groups (broad SMARTS) is 1. The SMILES string of the molecule is CCC/C=C/CCCC1=NC=C[N+]1(CCN)CC(=O)[O-]. The van der Waals surface area contributed by atoms with Gasteiger partial charge in [0.05, 0.1) is 12.2 Å². The molecule has 0 aromatic heterocycles. The standard InChI is InChI=1S/C15H25N3O2/c1-2-3-4-5-6-7-8-14-17-10-12-18(14,11-9-16)13-15(19)20/h4-5,10,12H,2-3,6-9,11,13,16H2,1H3/b5-4+. The van der Waals surface area contributed by atoms with Gasteiger partial charge in [0, 0.05) is 13.0 Å². The lowest BCUT2D eigenvalue weighted by Gasteiger charge is -2.32. The highest BCUT2D eigenvalue weighted by Gasteiger charge is 2.34. The van der Waals surface area contributed by atoms with Crippen LogP contribution in [0.2, 0.25) is 0 Å². The molecule has 1 aliphatic rings. The second-order valence-corrected chi connectivity index (χ2v) is 5.07. The van der Waals surface area contributed by atoms with Crippen LogP contribution in [0.25, 0.3) is 0 Å². The van der Waals surface area contributed by atoms with Gasteiger partial charge >= 0.3 is 0 Å². The number of hydrogen-bond acceptors (Lipinski definition) is 4. The fourth-order valence-electron chi connectivity index (χ4n) is 2.40. The third-order valence-corrected chi connectivity index (χ3v) is 3.42. The summed E-state index contributed by atoms with van der Waals surface area (Å²) in [6.45, 7) is 3.04. The van der Waals surface area contributed by atoms with Crippen molar-refractivity contribution >= 4 is 11.8 Å². The number of hydrogen-bond donors (Lipinski definition) is 1. The fourth-order valence-corrected chi connectivity index (χ4v) is 2.40. The monoisotopic (exact) mass is 279 g/mol. The molecule has 0 saturated carbocycles. The number of unbranched alkanes of at least 4 members (excludes halogenated alkanes) is 2. The molecule has 1 aliphatic heterocycles. The van der Waals surface area contributed by atoms with E-state index in [2.05, 4.69) is 24.1 Å². The molecule has 0 spiro atoms. The topological polar surface area (TPSA) is 78.5 Å². The van der Waals surface area contributed by atoms with E-state index in [9.17, 15) is 9.90 Å². The number of amidine groups is 1. The number of rotatable bonds is 10. The van der Waals surface area contributed by atoms with Gasteiger partial charge in [-0.2, -0.15) is 0 Å². The summed E-state index contributed by atoms with van der Waals surface area (Å²) in [6, 6.07) is 0. The van der Waals surface area contributed by atoms with Crippen LogP contribution in [0.15, 0.2) is 29.5 Å². The highest BCUT2D eigenvalue weighted by Crippen LogP contribution is 2.20. The summed E-state index contributed by atoms with van der Waals surface area (Å²) in [7, 11) is 0. The number of allylic oxidation sites excluding steroid dienone is 2. The van der Waals surface area contributed by atoms with Crippen molar-refractivity contribution in [3.8, 4) is 0 Å². The molecule has 1 heterocycles. The minimum atomic E-state index is -1.07. The van der Waals surface area contributed by atoms with Crippen LogP contribution in [0.3, 0.4) is 0 Å². The number of aliphatic imine (C=N–C) groups is 1. The lowest BCUT2D eigenvalue weighted by atomic mass is 10.1. The molecule has 0 bridgehead atoms. The highest BCUT2D eigenvalue weighted by atomic mass is 16.4. The maximum atomic E-state index is 11.0. The van der Waals surface area contributed by atoms with Gasteiger partial charge in [0.2, 0.25) is 5.84 Å². The Morgan fingerprint density at radius 2 is 2.20 bits per heavy atom. The van der Waals surface area contributed by atoms with Gasteiger partial charge in [0.25, 0.3) is 0 Å². The Bertz CT molecular complexity index is 402. The van der Waals surface area contributed by atoms with Gasteiger partial charge in [-0.15, -0.1) is 0 Å². The molecule has 1 unspecified atom stereocenters. The lowest BCUT2D eigenvalue weighted by molar-refractivity contribution is -0.780. The van der Waals surface area contributed by atoms with Gasteiger partial charge in [0.15, 0.2) is 0 Å². The first kappa shape index (κ1) is 16.6. The summed E-state index contributed by atoms with van der Waals surface area (Å²) in [4.78, 5) is 15.3. The van der Waals surface area contributed by atoms with Crippen molar-refractivity contribution in [2.75, 3.05) is 19.6 Å². The Balaban J connectivity index is 2.52. The Morgan fingerprint density at radius 1 is 1.45 bits per heavy atom. The zero-order chi connectivity index (χ0) is 14.8. The summed E-state index contributed by atoms with van der Waals surface area (Å²) in [5.74, 6) is -0.191. The van der Waals surface area contributed by atoms with Gasteiger partial charge in [0.1, 0.15) is 19.3 Å². The number of carbonyl (C=O) groups excluding carboxylic acids is 1. The lowest BCUT2D eigenvalue weighted by Crippen LogP contribution is -2.55. The minimum absolute atomic E-state index is 0.0851. The van der Waals surface area contributed by atoms with Crippen molar-refractivity contribution in [1.82, 2.24) is 0 Å². The first-order valence-corrected chi connectivity index (χ1v) is 7.31. The van der Waals surface area contributed by atoms with Gasteiger partial charge in [-0.3, -0.25) is 0 Å². The normalized spacial score (nSPS) is 21.6. The Hall–Kier alpha value is -1.46. The largest absolute Gasteiger partial charge is 0.544 e. The van der Waals surface area contributed by atoms with Gasteiger partial charge in [-0.25, -0.2) is 9.48 Å². The van der Waals surface area contributed by atoms with Crippen LogP contribution in [0.5, 0.6) is 0 Å². The minimum Gasteiger partial charge on any atom is -0.544 e. The third kappa shape index (κ3) is 4.90. The van der Waals surface area contributed by atoms with E-state index in [0.29, 0.717) is 13.1 Å². The van der Waals surface area contributed by atoms with Gasteiger partial charge in [-0.05, 0) is 19.3 Å². The summed E-state index contributed by atoms with van der Waals surface area (Å²) in [6.07, 6.45) is 12.9. The maximum Gasteiger partial charge on any atom is 0.207 e. The van der Waals surface area contributed by atoms with E-state index in [4.69, 9.17) is 5.73 Å². The first-order chi connectivity index (χ1) is 9.64. The predicted molar refractivity (Wildman–Crippen MR) is 78.5 cm³/mol. The van der Waals surface area contributed by atoms with Crippen LogP contribution in [-0.2, 0) is 4.79 Å². The van der Waals surface area contributed by atoms with E-state index in [1.54, 1.807) is 6.20 Å². The number of nitrogens with zero attached hydrogens (tertiary/aromatic N) is 2. The molecule has 0 aromatic carbocycles. The molecule has 0 aromatic rings. The van der Waals surface area contributed by atoms with Crippen molar-refractivity contribution in [3.05, 3.63) is 24.6 Å². The highest BCUT2D eigenvalue weighted by molar-refractivity contribution is 5.80. The number of carbonyl (C=O) groups is 1. The molecule has 2 N–H and O–H groups in total. The molecule has 112 valence electrons. The smallest absolute Gasteiger partial charge is 0.207 e.